The van der Waals surface area contributed by atoms with Crippen LogP contribution in [0.1, 0.15) is 104 Å². The monoisotopic (exact) mass is 922 g/mol. The van der Waals surface area contributed by atoms with E-state index in [0.29, 0.717) is 32.4 Å². The lowest BCUT2D eigenvalue weighted by molar-refractivity contribution is -0.150. The van der Waals surface area contributed by atoms with Crippen molar-refractivity contribution in [3.8, 4) is 22.4 Å². The number of rotatable bonds is 16. The SMILES string of the molecule is CCn1c(-c2cc(N3CCN(C4CC4)CC3)cnc2[C@H](C)OC)c(CC(C)(C)COC(C)=O)c2cc(-c3cccc(CC(NC(=O)OC(C)(C)C)C(=O)N4CCCC(C(=O)OC)N4)c3)ccc21. The van der Waals surface area contributed by atoms with Gasteiger partial charge >= 0.3 is 18.0 Å². The Kier molecular flexibility index (Phi) is 15.3. The van der Waals surface area contributed by atoms with Crippen molar-refractivity contribution in [2.75, 3.05) is 58.5 Å². The maximum atomic E-state index is 14.2. The molecular formula is C52H71N7O8. The molecule has 2 N–H and O–H groups in total. The lowest BCUT2D eigenvalue weighted by Crippen LogP contribution is -2.60. The minimum Gasteiger partial charge on any atom is -0.468 e. The molecule has 3 fully saturated rings. The molecule has 2 amide bonds. The van der Waals surface area contributed by atoms with Crippen LogP contribution in [0.25, 0.3) is 33.3 Å². The Morgan fingerprint density at radius 2 is 1.66 bits per heavy atom. The van der Waals surface area contributed by atoms with E-state index in [0.717, 1.165) is 88.0 Å². The standard InChI is InChI=1S/C52H71N7O8/c1-11-58-45-20-17-37(36-15-12-14-35(26-36)27-44(54-50(63)67-51(4,5)6)48(61)59-21-13-16-43(55-59)49(62)65-10)28-40(45)42(30-52(7,8)32-66-34(3)60)47(58)41-29-39(31-53-46(41)33(2)64-9)57-24-22-56(23-25-57)38-18-19-38/h12,14-15,17,20,26,28-29,31,33,38,43-44,55H,11,13,16,18-19,21-25,27,30,32H2,1-10H3,(H,54,63)/t33-,43?,44?/m0/s1. The molecule has 0 bridgehead atoms. The van der Waals surface area contributed by atoms with Gasteiger partial charge in [-0.3, -0.25) is 29.3 Å². The van der Waals surface area contributed by atoms with E-state index in [-0.39, 0.29) is 31.0 Å². The van der Waals surface area contributed by atoms with Crippen LogP contribution in [-0.2, 0) is 52.7 Å². The maximum absolute atomic E-state index is 14.2. The molecule has 362 valence electrons. The van der Waals surface area contributed by atoms with Gasteiger partial charge in [0.05, 0.1) is 43.1 Å². The zero-order valence-corrected chi connectivity index (χ0v) is 41.2. The minimum atomic E-state index is -1.00. The number of alkyl carbamates (subject to hydrolysis) is 1. The molecule has 3 atom stereocenters. The van der Waals surface area contributed by atoms with E-state index < -0.39 is 35.2 Å². The van der Waals surface area contributed by atoms with Crippen molar-refractivity contribution in [2.24, 2.45) is 5.41 Å². The number of ether oxygens (including phenoxy) is 4. The van der Waals surface area contributed by atoms with Gasteiger partial charge in [0.2, 0.25) is 0 Å². The number of hydrogen-bond acceptors (Lipinski definition) is 12. The summed E-state index contributed by atoms with van der Waals surface area (Å²) in [7, 11) is 3.04. The molecule has 4 heterocycles. The number of aryl methyl sites for hydroxylation is 1. The largest absolute Gasteiger partial charge is 0.468 e. The highest BCUT2D eigenvalue weighted by atomic mass is 16.6. The first kappa shape index (κ1) is 49.4. The average molecular weight is 922 g/mol. The number of methoxy groups -OCH3 is 2. The number of nitrogens with zero attached hydrogens (tertiary/aromatic N) is 5. The predicted molar refractivity (Wildman–Crippen MR) is 259 cm³/mol. The fourth-order valence-corrected chi connectivity index (χ4v) is 9.50. The van der Waals surface area contributed by atoms with Crippen LogP contribution < -0.4 is 15.6 Å². The van der Waals surface area contributed by atoms with Crippen molar-refractivity contribution in [1.82, 2.24) is 30.2 Å². The summed E-state index contributed by atoms with van der Waals surface area (Å²) in [6, 6.07) is 15.9. The summed E-state index contributed by atoms with van der Waals surface area (Å²) in [6.07, 6.45) is 5.49. The van der Waals surface area contributed by atoms with Gasteiger partial charge in [-0.25, -0.2) is 10.2 Å². The van der Waals surface area contributed by atoms with E-state index in [9.17, 15) is 19.2 Å². The highest BCUT2D eigenvalue weighted by Gasteiger charge is 2.35. The normalized spacial score (nSPS) is 18.1. The van der Waals surface area contributed by atoms with Gasteiger partial charge < -0.3 is 33.7 Å². The van der Waals surface area contributed by atoms with Crippen LogP contribution in [0, 0.1) is 5.41 Å². The smallest absolute Gasteiger partial charge is 0.408 e. The van der Waals surface area contributed by atoms with E-state index in [2.05, 4.69) is 76.2 Å². The number of pyridine rings is 1. The second-order valence-corrected chi connectivity index (χ2v) is 20.1. The second-order valence-electron chi connectivity index (χ2n) is 20.1. The number of carbonyl (C=O) groups is 4. The number of hydrogen-bond donors (Lipinski definition) is 2. The Morgan fingerprint density at radius 1 is 0.925 bits per heavy atom. The number of esters is 2. The minimum absolute atomic E-state index is 0.167. The molecule has 7 rings (SSSR count). The molecule has 1 aliphatic carbocycles. The molecule has 2 saturated heterocycles. The number of aromatic nitrogens is 2. The van der Waals surface area contributed by atoms with Crippen molar-refractivity contribution in [1.29, 1.82) is 0 Å². The van der Waals surface area contributed by atoms with E-state index in [1.165, 1.54) is 31.9 Å². The lowest BCUT2D eigenvalue weighted by Gasteiger charge is -2.36. The van der Waals surface area contributed by atoms with E-state index in [4.69, 9.17) is 23.9 Å². The van der Waals surface area contributed by atoms with Crippen LogP contribution in [0.4, 0.5) is 10.5 Å². The number of nitrogens with one attached hydrogen (secondary N) is 2. The van der Waals surface area contributed by atoms with Crippen molar-refractivity contribution in [3.63, 3.8) is 0 Å². The van der Waals surface area contributed by atoms with Crippen LogP contribution >= 0.6 is 0 Å². The molecule has 3 aliphatic rings. The van der Waals surface area contributed by atoms with Crippen LogP contribution in [0.3, 0.4) is 0 Å². The molecule has 15 heteroatoms. The molecule has 0 radical (unpaired) electrons. The third kappa shape index (κ3) is 12.0. The summed E-state index contributed by atoms with van der Waals surface area (Å²) in [5, 5.41) is 5.31. The van der Waals surface area contributed by atoms with Gasteiger partial charge in [-0.05, 0) is 107 Å². The number of piperazine rings is 1. The molecule has 2 unspecified atom stereocenters. The van der Waals surface area contributed by atoms with Crippen LogP contribution in [0.5, 0.6) is 0 Å². The molecular weight excluding hydrogens is 851 g/mol. The van der Waals surface area contributed by atoms with Crippen LogP contribution in [0.2, 0.25) is 0 Å². The van der Waals surface area contributed by atoms with Gasteiger partial charge in [-0.2, -0.15) is 0 Å². The average Bonchev–Trinajstić information content (AvgIpc) is 4.12. The fourth-order valence-electron chi connectivity index (χ4n) is 9.50. The summed E-state index contributed by atoms with van der Waals surface area (Å²) in [4.78, 5) is 62.2. The molecule has 2 aliphatic heterocycles. The van der Waals surface area contributed by atoms with E-state index in [1.54, 1.807) is 27.9 Å². The van der Waals surface area contributed by atoms with Crippen molar-refractivity contribution in [2.45, 2.75) is 130 Å². The van der Waals surface area contributed by atoms with E-state index >= 15 is 0 Å². The summed E-state index contributed by atoms with van der Waals surface area (Å²) in [6.45, 7) is 20.5. The van der Waals surface area contributed by atoms with Gasteiger partial charge in [0, 0.05) is 87.6 Å². The number of carbonyl (C=O) groups excluding carboxylic acids is 4. The highest BCUT2D eigenvalue weighted by molar-refractivity contribution is 5.96. The van der Waals surface area contributed by atoms with Gasteiger partial charge in [0.25, 0.3) is 5.91 Å². The Hall–Kier alpha value is -5.51. The molecule has 0 spiro atoms. The summed E-state index contributed by atoms with van der Waals surface area (Å²) < 4.78 is 24.6. The van der Waals surface area contributed by atoms with Gasteiger partial charge in [0.15, 0.2) is 0 Å². The molecule has 2 aromatic heterocycles. The summed E-state index contributed by atoms with van der Waals surface area (Å²) >= 11 is 0. The zero-order chi connectivity index (χ0) is 48.2. The third-order valence-corrected chi connectivity index (χ3v) is 13.1. The first-order valence-electron chi connectivity index (χ1n) is 23.9. The number of hydrazine groups is 1. The first-order chi connectivity index (χ1) is 31.9. The quantitative estimate of drug-likeness (QED) is 0.0839. The third-order valence-electron chi connectivity index (χ3n) is 13.1. The molecule has 67 heavy (non-hydrogen) atoms. The summed E-state index contributed by atoms with van der Waals surface area (Å²) in [5.41, 5.74) is 10.8. The topological polar surface area (TPSA) is 157 Å². The number of benzene rings is 2. The van der Waals surface area contributed by atoms with Gasteiger partial charge in [0.1, 0.15) is 17.7 Å². The molecule has 2 aromatic carbocycles. The Bertz CT molecular complexity index is 2430. The maximum Gasteiger partial charge on any atom is 0.408 e. The molecule has 15 nitrogen and oxygen atoms in total. The predicted octanol–water partition coefficient (Wildman–Crippen LogP) is 7.62. The molecule has 4 aromatic rings. The number of fused-ring (bicyclic) bond motifs is 1. The Balaban J connectivity index is 1.29. The van der Waals surface area contributed by atoms with Crippen molar-refractivity contribution < 1.29 is 38.1 Å². The Labute approximate surface area is 395 Å². The molecule has 1 saturated carbocycles. The lowest BCUT2D eigenvalue weighted by atomic mass is 9.84. The Morgan fingerprint density at radius 3 is 2.31 bits per heavy atom. The van der Waals surface area contributed by atoms with Crippen molar-refractivity contribution >= 4 is 40.5 Å². The van der Waals surface area contributed by atoms with Gasteiger partial charge in [-0.1, -0.05) is 44.2 Å². The van der Waals surface area contributed by atoms with Gasteiger partial charge in [-0.15, -0.1) is 0 Å². The summed E-state index contributed by atoms with van der Waals surface area (Å²) in [5.74, 6) is -1.16. The van der Waals surface area contributed by atoms with Crippen LogP contribution in [0.15, 0.2) is 54.7 Å². The highest BCUT2D eigenvalue weighted by Crippen LogP contribution is 2.43. The van der Waals surface area contributed by atoms with Crippen molar-refractivity contribution in [3.05, 3.63) is 71.5 Å². The van der Waals surface area contributed by atoms with E-state index in [1.807, 2.05) is 31.3 Å². The number of anilines is 1. The first-order valence-corrected chi connectivity index (χ1v) is 23.9. The van der Waals surface area contributed by atoms with Crippen LogP contribution in [-0.4, -0.2) is 121 Å². The fraction of sp³-hybridized carbons (Fsp3) is 0.558. The zero-order valence-electron chi connectivity index (χ0n) is 41.2. The number of amides is 2. The second kappa shape index (κ2) is 20.8.